The zero-order chi connectivity index (χ0) is 19.0. The summed E-state index contributed by atoms with van der Waals surface area (Å²) in [6.07, 6.45) is 0.350. The van der Waals surface area contributed by atoms with Crippen molar-refractivity contribution in [2.45, 2.75) is 18.9 Å². The van der Waals surface area contributed by atoms with Crippen molar-refractivity contribution in [3.63, 3.8) is 0 Å². The Morgan fingerprint density at radius 1 is 1.15 bits per heavy atom. The first-order valence-electron chi connectivity index (χ1n) is 9.12. The van der Waals surface area contributed by atoms with Crippen LogP contribution in [0.15, 0.2) is 48.5 Å². The number of benzene rings is 2. The van der Waals surface area contributed by atoms with Gasteiger partial charge >= 0.3 is 12.1 Å². The van der Waals surface area contributed by atoms with E-state index in [1.54, 1.807) is 16.8 Å². The molecule has 2 fully saturated rings. The second-order valence-corrected chi connectivity index (χ2v) is 7.40. The highest BCUT2D eigenvalue weighted by molar-refractivity contribution is 5.90. The molecule has 1 spiro atoms. The van der Waals surface area contributed by atoms with Crippen LogP contribution in [0.5, 0.6) is 0 Å². The van der Waals surface area contributed by atoms with Crippen molar-refractivity contribution in [2.75, 3.05) is 32.0 Å². The topological polar surface area (TPSA) is 61.9 Å². The summed E-state index contributed by atoms with van der Waals surface area (Å²) in [7, 11) is 1.72. The number of nitrogens with zero attached hydrogens (tertiary/aromatic N) is 2. The number of hydrogen-bond acceptors (Lipinski definition) is 3. The maximum absolute atomic E-state index is 12.7. The van der Waals surface area contributed by atoms with E-state index < -0.39 is 5.60 Å². The summed E-state index contributed by atoms with van der Waals surface area (Å²) in [5.41, 5.74) is 3.59. The highest BCUT2D eigenvalue weighted by Gasteiger charge is 2.49. The lowest BCUT2D eigenvalue weighted by atomic mass is 10.0. The fourth-order valence-electron chi connectivity index (χ4n) is 3.89. The van der Waals surface area contributed by atoms with Gasteiger partial charge in [-0.1, -0.05) is 36.4 Å². The van der Waals surface area contributed by atoms with Crippen molar-refractivity contribution < 1.29 is 14.3 Å². The molecule has 6 heteroatoms. The minimum atomic E-state index is -0.563. The van der Waals surface area contributed by atoms with Gasteiger partial charge in [-0.05, 0) is 35.7 Å². The van der Waals surface area contributed by atoms with Crippen LogP contribution < -0.4 is 5.32 Å². The van der Waals surface area contributed by atoms with E-state index in [0.717, 1.165) is 16.8 Å². The lowest BCUT2D eigenvalue weighted by molar-refractivity contribution is 0.0663. The summed E-state index contributed by atoms with van der Waals surface area (Å²) in [6, 6.07) is 15.9. The Balaban J connectivity index is 1.46. The summed E-state index contributed by atoms with van der Waals surface area (Å²) in [5, 5.41) is 2.98. The molecule has 140 valence electrons. The molecule has 2 aromatic rings. The maximum atomic E-state index is 12.7. The number of carbonyl (C=O) groups is 2. The number of aryl methyl sites for hydroxylation is 1. The van der Waals surface area contributed by atoms with Crippen LogP contribution in [0.4, 0.5) is 15.3 Å². The molecule has 1 atom stereocenters. The van der Waals surface area contributed by atoms with Crippen molar-refractivity contribution in [2.24, 2.45) is 0 Å². The van der Waals surface area contributed by atoms with Gasteiger partial charge in [0.15, 0.2) is 5.60 Å². The van der Waals surface area contributed by atoms with Crippen LogP contribution in [-0.4, -0.2) is 54.2 Å². The Labute approximate surface area is 158 Å². The van der Waals surface area contributed by atoms with Gasteiger partial charge in [0, 0.05) is 25.7 Å². The van der Waals surface area contributed by atoms with Gasteiger partial charge in [-0.2, -0.15) is 0 Å². The fraction of sp³-hybridized carbons (Fsp3) is 0.333. The molecule has 0 saturated carbocycles. The van der Waals surface area contributed by atoms with Gasteiger partial charge in [0.2, 0.25) is 0 Å². The fourth-order valence-corrected chi connectivity index (χ4v) is 3.89. The van der Waals surface area contributed by atoms with Gasteiger partial charge in [-0.25, -0.2) is 9.59 Å². The number of ether oxygens (including phenoxy) is 1. The van der Waals surface area contributed by atoms with E-state index in [9.17, 15) is 9.59 Å². The summed E-state index contributed by atoms with van der Waals surface area (Å²) < 4.78 is 5.51. The highest BCUT2D eigenvalue weighted by atomic mass is 16.6. The average molecular weight is 365 g/mol. The van der Waals surface area contributed by atoms with E-state index in [1.807, 2.05) is 36.4 Å². The van der Waals surface area contributed by atoms with E-state index in [2.05, 4.69) is 24.4 Å². The predicted octanol–water partition coefficient (Wildman–Crippen LogP) is 3.72. The normalized spacial score (nSPS) is 21.6. The lowest BCUT2D eigenvalue weighted by Gasteiger charge is -2.22. The third-order valence-electron chi connectivity index (χ3n) is 5.31. The average Bonchev–Trinajstić information content (AvgIpc) is 3.18. The highest BCUT2D eigenvalue weighted by Crippen LogP contribution is 2.32. The van der Waals surface area contributed by atoms with Crippen LogP contribution in [0.2, 0.25) is 0 Å². The van der Waals surface area contributed by atoms with Gasteiger partial charge < -0.3 is 19.9 Å². The number of anilines is 1. The van der Waals surface area contributed by atoms with Crippen molar-refractivity contribution in [3.05, 3.63) is 54.1 Å². The molecular weight excluding hydrogens is 342 g/mol. The molecule has 4 rings (SSSR count). The summed E-state index contributed by atoms with van der Waals surface area (Å²) in [5.74, 6) is 0. The number of amides is 3. The smallest absolute Gasteiger partial charge is 0.410 e. The number of nitrogens with one attached hydrogen (secondary N) is 1. The van der Waals surface area contributed by atoms with E-state index in [1.165, 1.54) is 5.56 Å². The number of rotatable bonds is 2. The second-order valence-electron chi connectivity index (χ2n) is 7.40. The Morgan fingerprint density at radius 2 is 1.96 bits per heavy atom. The number of likely N-dealkylation sites (tertiary alicyclic amines) is 1. The van der Waals surface area contributed by atoms with E-state index >= 15 is 0 Å². The molecule has 6 nitrogen and oxygen atoms in total. The van der Waals surface area contributed by atoms with Crippen LogP contribution in [0.25, 0.3) is 11.1 Å². The largest absolute Gasteiger partial charge is 0.439 e. The van der Waals surface area contributed by atoms with Gasteiger partial charge in [-0.3, -0.25) is 0 Å². The predicted molar refractivity (Wildman–Crippen MR) is 104 cm³/mol. The minimum absolute atomic E-state index is 0.167. The first kappa shape index (κ1) is 17.4. The monoisotopic (exact) mass is 365 g/mol. The molecule has 0 bridgehead atoms. The molecule has 3 amide bonds. The number of urea groups is 1. The minimum Gasteiger partial charge on any atom is -0.439 e. The molecule has 2 aromatic carbocycles. The Bertz CT molecular complexity index is 898. The van der Waals surface area contributed by atoms with Gasteiger partial charge in [0.1, 0.15) is 0 Å². The van der Waals surface area contributed by atoms with Crippen LogP contribution in [0, 0.1) is 6.92 Å². The molecule has 0 aromatic heterocycles. The molecular formula is C21H23N3O3. The molecule has 0 radical (unpaired) electrons. The number of likely N-dealkylation sites (N-methyl/N-ethyl adjacent to an activating group) is 1. The quantitative estimate of drug-likeness (QED) is 0.882. The molecule has 2 aliphatic rings. The van der Waals surface area contributed by atoms with E-state index in [0.29, 0.717) is 26.1 Å². The molecule has 1 N–H and O–H groups in total. The van der Waals surface area contributed by atoms with Crippen molar-refractivity contribution in [1.82, 2.24) is 9.80 Å². The number of hydrogen-bond donors (Lipinski definition) is 1. The first-order valence-corrected chi connectivity index (χ1v) is 9.12. The summed E-state index contributed by atoms with van der Waals surface area (Å²) in [6.45, 7) is 3.60. The van der Waals surface area contributed by atoms with E-state index in [4.69, 9.17) is 4.74 Å². The van der Waals surface area contributed by atoms with Crippen molar-refractivity contribution >= 4 is 17.8 Å². The first-order chi connectivity index (χ1) is 13.0. The van der Waals surface area contributed by atoms with Gasteiger partial charge in [-0.15, -0.1) is 0 Å². The van der Waals surface area contributed by atoms with E-state index in [-0.39, 0.29) is 12.1 Å². The van der Waals surface area contributed by atoms with Crippen LogP contribution in [0.3, 0.4) is 0 Å². The van der Waals surface area contributed by atoms with Crippen LogP contribution >= 0.6 is 0 Å². The molecule has 2 aliphatic heterocycles. The number of carbonyl (C=O) groups excluding carboxylic acids is 2. The Kier molecular flexibility index (Phi) is 4.26. The lowest BCUT2D eigenvalue weighted by Crippen LogP contribution is -2.40. The van der Waals surface area contributed by atoms with Gasteiger partial charge in [0.25, 0.3) is 0 Å². The summed E-state index contributed by atoms with van der Waals surface area (Å²) in [4.78, 5) is 27.7. The third-order valence-corrected chi connectivity index (χ3v) is 5.31. The second kappa shape index (κ2) is 6.61. The standard InChI is InChI=1S/C21H23N3O3/c1-15-6-3-4-9-18(15)16-7-5-8-17(12-16)22-19(25)24-11-10-21(14-24)13-23(2)20(26)27-21/h3-9,12H,10-11,13-14H2,1-2H3,(H,22,25)/t21-/m1/s1. The molecule has 0 unspecified atom stereocenters. The molecule has 2 saturated heterocycles. The Morgan fingerprint density at radius 3 is 2.70 bits per heavy atom. The molecule has 2 heterocycles. The summed E-state index contributed by atoms with van der Waals surface area (Å²) >= 11 is 0. The SMILES string of the molecule is Cc1ccccc1-c1cccc(NC(=O)N2CC[C@@]3(CN(C)C(=O)O3)C2)c1. The van der Waals surface area contributed by atoms with Gasteiger partial charge in [0.05, 0.1) is 13.1 Å². The van der Waals surface area contributed by atoms with Crippen molar-refractivity contribution in [1.29, 1.82) is 0 Å². The molecule has 0 aliphatic carbocycles. The third kappa shape index (κ3) is 3.35. The van der Waals surface area contributed by atoms with Crippen molar-refractivity contribution in [3.8, 4) is 11.1 Å². The zero-order valence-corrected chi connectivity index (χ0v) is 15.6. The van der Waals surface area contributed by atoms with Crippen LogP contribution in [-0.2, 0) is 4.74 Å². The molecule has 27 heavy (non-hydrogen) atoms. The zero-order valence-electron chi connectivity index (χ0n) is 15.6. The van der Waals surface area contributed by atoms with Crippen LogP contribution in [0.1, 0.15) is 12.0 Å². The maximum Gasteiger partial charge on any atom is 0.410 e. The Hall–Kier alpha value is -3.02.